The fourth-order valence-electron chi connectivity index (χ4n) is 6.16. The summed E-state index contributed by atoms with van der Waals surface area (Å²) in [6.07, 6.45) is -0.0207. The zero-order valence-electron chi connectivity index (χ0n) is 32.4. The summed E-state index contributed by atoms with van der Waals surface area (Å²) < 4.78 is 22.6. The van der Waals surface area contributed by atoms with Crippen LogP contribution in [0.25, 0.3) is 0 Å². The number of hydrogen-bond acceptors (Lipinski definition) is 11. The Morgan fingerprint density at radius 1 is 0.945 bits per heavy atom. The number of aliphatic hydroxyl groups is 1. The number of nitrogens with one attached hydrogen (secondary N) is 4. The van der Waals surface area contributed by atoms with Crippen LogP contribution in [-0.2, 0) is 32.1 Å². The molecule has 16 nitrogen and oxygen atoms in total. The van der Waals surface area contributed by atoms with Crippen molar-refractivity contribution in [3.63, 3.8) is 0 Å². The second-order valence-electron chi connectivity index (χ2n) is 13.7. The molecule has 55 heavy (non-hydrogen) atoms. The summed E-state index contributed by atoms with van der Waals surface area (Å²) in [6, 6.07) is 7.36. The van der Waals surface area contributed by atoms with Crippen molar-refractivity contribution in [2.75, 3.05) is 33.9 Å². The lowest BCUT2D eigenvalue weighted by atomic mass is 10.0. The van der Waals surface area contributed by atoms with E-state index in [9.17, 15) is 29.1 Å². The summed E-state index contributed by atoms with van der Waals surface area (Å²) in [4.78, 5) is 68.8. The molecule has 2 heterocycles. The number of hydrogen-bond donors (Lipinski definition) is 5. The molecule has 1 aromatic heterocycles. The van der Waals surface area contributed by atoms with Gasteiger partial charge < -0.3 is 50.0 Å². The van der Waals surface area contributed by atoms with Gasteiger partial charge in [0.2, 0.25) is 23.6 Å². The largest absolute Gasteiger partial charge is 0.496 e. The highest BCUT2D eigenvalue weighted by Gasteiger charge is 2.32. The lowest BCUT2D eigenvalue weighted by Gasteiger charge is -2.28. The number of benzene rings is 2. The van der Waals surface area contributed by atoms with E-state index in [0.29, 0.717) is 59.1 Å². The predicted octanol–water partition coefficient (Wildman–Crippen LogP) is 2.71. The van der Waals surface area contributed by atoms with Gasteiger partial charge in [-0.3, -0.25) is 24.0 Å². The van der Waals surface area contributed by atoms with Crippen molar-refractivity contribution in [3.05, 3.63) is 64.5 Å². The van der Waals surface area contributed by atoms with Crippen LogP contribution >= 0.6 is 0 Å². The fourth-order valence-corrected chi connectivity index (χ4v) is 6.16. The lowest BCUT2D eigenvalue weighted by Crippen LogP contribution is -2.59. The van der Waals surface area contributed by atoms with E-state index in [1.807, 2.05) is 0 Å². The Morgan fingerprint density at radius 2 is 1.69 bits per heavy atom. The minimum Gasteiger partial charge on any atom is -0.496 e. The Morgan fingerprint density at radius 3 is 2.35 bits per heavy atom. The van der Waals surface area contributed by atoms with Crippen molar-refractivity contribution in [1.29, 1.82) is 0 Å². The van der Waals surface area contributed by atoms with Gasteiger partial charge >= 0.3 is 0 Å². The first kappa shape index (κ1) is 42.1. The van der Waals surface area contributed by atoms with E-state index in [1.165, 1.54) is 26.0 Å². The molecule has 3 aromatic rings. The first-order valence-electron chi connectivity index (χ1n) is 18.3. The van der Waals surface area contributed by atoms with E-state index in [1.54, 1.807) is 64.1 Å². The normalized spacial score (nSPS) is 18.5. The third-order valence-electron chi connectivity index (χ3n) is 9.32. The van der Waals surface area contributed by atoms with Crippen molar-refractivity contribution in [1.82, 2.24) is 31.3 Å². The Kier molecular flexibility index (Phi) is 15.0. The minimum absolute atomic E-state index is 0.0655. The van der Waals surface area contributed by atoms with Crippen molar-refractivity contribution >= 4 is 29.5 Å². The summed E-state index contributed by atoms with van der Waals surface area (Å²) in [5.74, 6) is -1.14. The average molecular weight is 765 g/mol. The molecule has 0 spiro atoms. The monoisotopic (exact) mass is 764 g/mol. The maximum Gasteiger partial charge on any atom is 0.251 e. The highest BCUT2D eigenvalue weighted by molar-refractivity contribution is 5.95. The van der Waals surface area contributed by atoms with Crippen LogP contribution < -0.4 is 35.5 Å². The topological polar surface area (TPSA) is 211 Å². The zero-order valence-corrected chi connectivity index (χ0v) is 32.4. The van der Waals surface area contributed by atoms with Gasteiger partial charge in [-0.15, -0.1) is 0 Å². The van der Waals surface area contributed by atoms with Gasteiger partial charge in [0.15, 0.2) is 11.5 Å². The van der Waals surface area contributed by atoms with Crippen LogP contribution in [0.3, 0.4) is 0 Å². The first-order chi connectivity index (χ1) is 26.2. The molecule has 5 amide bonds. The molecule has 0 unspecified atom stereocenters. The first-order valence-corrected chi connectivity index (χ1v) is 18.3. The van der Waals surface area contributed by atoms with E-state index in [0.717, 1.165) is 5.56 Å². The van der Waals surface area contributed by atoms with E-state index in [-0.39, 0.29) is 43.6 Å². The van der Waals surface area contributed by atoms with Crippen molar-refractivity contribution < 1.29 is 47.8 Å². The van der Waals surface area contributed by atoms with Gasteiger partial charge in [0.1, 0.15) is 29.3 Å². The predicted molar refractivity (Wildman–Crippen MR) is 201 cm³/mol. The number of rotatable bonds is 7. The molecule has 0 saturated carbocycles. The molecule has 2 bridgehead atoms. The quantitative estimate of drug-likeness (QED) is 0.236. The molecule has 0 fully saturated rings. The highest BCUT2D eigenvalue weighted by atomic mass is 16.5. The average Bonchev–Trinajstić information content (AvgIpc) is 3.48. The molecule has 0 saturated heterocycles. The van der Waals surface area contributed by atoms with Gasteiger partial charge in [-0.05, 0) is 76.3 Å². The van der Waals surface area contributed by atoms with Crippen molar-refractivity contribution in [3.8, 4) is 23.0 Å². The molecule has 16 heteroatoms. The smallest absolute Gasteiger partial charge is 0.251 e. The Hall–Kier alpha value is -5.64. The number of amides is 5. The van der Waals surface area contributed by atoms with Crippen LogP contribution in [0.1, 0.15) is 73.0 Å². The second kappa shape index (κ2) is 19.6. The van der Waals surface area contributed by atoms with Crippen LogP contribution in [0.2, 0.25) is 0 Å². The molecule has 1 aliphatic heterocycles. The number of aromatic nitrogens is 1. The maximum atomic E-state index is 13.6. The van der Waals surface area contributed by atoms with E-state index < -0.39 is 48.4 Å². The Bertz CT molecular complexity index is 1820. The molecule has 0 aliphatic carbocycles. The fraction of sp³-hybridized carbons (Fsp3) is 0.487. The van der Waals surface area contributed by atoms with E-state index in [2.05, 4.69) is 26.4 Å². The van der Waals surface area contributed by atoms with Gasteiger partial charge in [-0.2, -0.15) is 0 Å². The number of carbonyl (C=O) groups is 5. The molecular formula is C39H52N6O10. The molecule has 3 atom stereocenters. The maximum absolute atomic E-state index is 13.6. The van der Waals surface area contributed by atoms with Crippen LogP contribution in [-0.4, -0.2) is 96.7 Å². The minimum atomic E-state index is -1.43. The molecular weight excluding hydrogens is 712 g/mol. The molecule has 2 aromatic carbocycles. The van der Waals surface area contributed by atoms with E-state index >= 15 is 0 Å². The Labute approximate surface area is 320 Å². The molecule has 5 N–H and O–H groups in total. The lowest BCUT2D eigenvalue weighted by molar-refractivity contribution is -0.138. The van der Waals surface area contributed by atoms with Crippen LogP contribution in [0.5, 0.6) is 23.0 Å². The van der Waals surface area contributed by atoms with Gasteiger partial charge in [-0.1, -0.05) is 25.1 Å². The summed E-state index contributed by atoms with van der Waals surface area (Å²) in [5.41, 5.74) is 2.26. The van der Waals surface area contributed by atoms with Crippen LogP contribution in [0.15, 0.2) is 40.9 Å². The molecule has 4 rings (SSSR count). The van der Waals surface area contributed by atoms with Crippen molar-refractivity contribution in [2.45, 2.75) is 85.0 Å². The van der Waals surface area contributed by atoms with Gasteiger partial charge in [-0.25, -0.2) is 0 Å². The zero-order chi connectivity index (χ0) is 40.2. The number of aliphatic hydroxyl groups excluding tert-OH is 1. The third-order valence-corrected chi connectivity index (χ3v) is 9.32. The Balaban J connectivity index is 1.65. The number of ether oxygens (including phenoxy) is 3. The number of nitrogens with zero attached hydrogens (tertiary/aromatic N) is 2. The summed E-state index contributed by atoms with van der Waals surface area (Å²) >= 11 is 0. The second-order valence-corrected chi connectivity index (χ2v) is 13.7. The summed E-state index contributed by atoms with van der Waals surface area (Å²) in [7, 11) is 2.95. The van der Waals surface area contributed by atoms with E-state index in [4.69, 9.17) is 18.7 Å². The third kappa shape index (κ3) is 11.2. The summed E-state index contributed by atoms with van der Waals surface area (Å²) in [5, 5.41) is 25.5. The highest BCUT2D eigenvalue weighted by Crippen LogP contribution is 2.37. The number of methoxy groups -OCH3 is 2. The van der Waals surface area contributed by atoms with Crippen molar-refractivity contribution in [2.24, 2.45) is 5.92 Å². The number of aryl methyl sites for hydroxylation is 2. The van der Waals surface area contributed by atoms with Gasteiger partial charge in [0, 0.05) is 30.6 Å². The SMILES string of the molecule is COc1ccc2cc1Oc1cccc(OC)c1CNC(=O)[C@@H](C(C)C)NC(=O)[C@H]([C@@H](C)O)NC(=O)CN(C(=O)CCc1c(C)noc1C)CCCCNC2=O. The van der Waals surface area contributed by atoms with Crippen LogP contribution in [0, 0.1) is 19.8 Å². The number of fused-ring (bicyclic) bond motifs is 3. The van der Waals surface area contributed by atoms with Crippen LogP contribution in [0.4, 0.5) is 0 Å². The molecule has 298 valence electrons. The summed E-state index contributed by atoms with van der Waals surface area (Å²) in [6.45, 7) is 8.35. The molecule has 0 radical (unpaired) electrons. The molecule has 1 aliphatic rings. The van der Waals surface area contributed by atoms with Gasteiger partial charge in [0.05, 0.1) is 44.7 Å². The standard InChI is InChI=1S/C39H52N6O10/c1-22(2)35-38(50)41-20-28-29(52-6)11-10-12-30(28)54-32-19-26(13-15-31(32)53-7)37(49)40-17-8-9-18-45(21-33(47)42-36(24(4)46)39(51)43-35)34(48)16-14-27-23(3)44-55-25(27)5/h10-13,15,19,22,24,35-36,46H,8-9,14,16-18,20-21H2,1-7H3,(H,40,49)(H,41,50)(H,42,47)(H,43,51)/t24-,35-,36+/m1/s1. The van der Waals surface area contributed by atoms with Gasteiger partial charge in [0.25, 0.3) is 5.91 Å². The number of carbonyl (C=O) groups excluding carboxylic acids is 5.